The van der Waals surface area contributed by atoms with Crippen molar-refractivity contribution in [2.24, 2.45) is 0 Å². The minimum Gasteiger partial charge on any atom is -0.322 e. The summed E-state index contributed by atoms with van der Waals surface area (Å²) in [5.41, 5.74) is 4.80. The Hall–Kier alpha value is -2.69. The molecule has 1 aromatic carbocycles. The smallest absolute Gasteiger partial charge is 0.322 e. The lowest BCUT2D eigenvalue weighted by atomic mass is 10.0. The molecule has 0 bridgehead atoms. The van der Waals surface area contributed by atoms with E-state index in [-0.39, 0.29) is 11.9 Å². The quantitative estimate of drug-likeness (QED) is 0.880. The zero-order chi connectivity index (χ0) is 17.3. The molecule has 1 fully saturated rings. The Morgan fingerprint density at radius 2 is 1.79 bits per heavy atom. The number of urea groups is 1. The van der Waals surface area contributed by atoms with E-state index in [4.69, 9.17) is 0 Å². The van der Waals surface area contributed by atoms with Crippen molar-refractivity contribution >= 4 is 11.9 Å². The normalized spacial score (nSPS) is 17.3. The number of aryl methyl sites for hydroxylation is 3. The van der Waals surface area contributed by atoms with Gasteiger partial charge in [-0.15, -0.1) is 0 Å². The molecule has 2 aromatic rings. The highest BCUT2D eigenvalue weighted by Crippen LogP contribution is 2.24. The highest BCUT2D eigenvalue weighted by molar-refractivity contribution is 6.04. The molecule has 5 heteroatoms. The first-order valence-electron chi connectivity index (χ1n) is 8.06. The summed E-state index contributed by atoms with van der Waals surface area (Å²) in [6.07, 6.45) is 0.556. The van der Waals surface area contributed by atoms with Gasteiger partial charge < -0.3 is 5.32 Å². The summed E-state index contributed by atoms with van der Waals surface area (Å²) in [5.74, 6) is -0.197. The van der Waals surface area contributed by atoms with Gasteiger partial charge in [0, 0.05) is 24.4 Å². The van der Waals surface area contributed by atoms with Crippen LogP contribution >= 0.6 is 0 Å². The van der Waals surface area contributed by atoms with Crippen LogP contribution in [-0.4, -0.2) is 28.4 Å². The third-order valence-electron chi connectivity index (χ3n) is 4.14. The first-order valence-corrected chi connectivity index (χ1v) is 8.06. The second-order valence-corrected chi connectivity index (χ2v) is 6.31. The highest BCUT2D eigenvalue weighted by atomic mass is 16.2. The van der Waals surface area contributed by atoms with Crippen LogP contribution in [0.2, 0.25) is 0 Å². The number of hydrogen-bond donors (Lipinski definition) is 1. The lowest BCUT2D eigenvalue weighted by Gasteiger charge is -2.13. The molecule has 1 aliphatic heterocycles. The average molecular weight is 323 g/mol. The van der Waals surface area contributed by atoms with Crippen molar-refractivity contribution in [3.63, 3.8) is 0 Å². The van der Waals surface area contributed by atoms with E-state index >= 15 is 0 Å². The number of carbonyl (C=O) groups is 2. The molecule has 0 saturated carbocycles. The van der Waals surface area contributed by atoms with E-state index in [2.05, 4.69) is 10.3 Å². The Kier molecular flexibility index (Phi) is 4.34. The summed E-state index contributed by atoms with van der Waals surface area (Å²) in [6, 6.07) is 10.8. The SMILES string of the molecule is Cc1cc(C)cc(C2NC(=O)N(CCc3cccc(C)n3)C2=O)c1. The van der Waals surface area contributed by atoms with E-state index in [1.165, 1.54) is 4.90 Å². The van der Waals surface area contributed by atoms with Gasteiger partial charge in [-0.3, -0.25) is 14.7 Å². The molecule has 1 unspecified atom stereocenters. The van der Waals surface area contributed by atoms with Crippen molar-refractivity contribution in [2.45, 2.75) is 33.2 Å². The monoisotopic (exact) mass is 323 g/mol. The van der Waals surface area contributed by atoms with Crippen molar-refractivity contribution in [3.8, 4) is 0 Å². The molecule has 0 aliphatic carbocycles. The number of hydrogen-bond acceptors (Lipinski definition) is 3. The molecule has 1 aliphatic rings. The molecule has 3 amide bonds. The number of nitrogens with zero attached hydrogens (tertiary/aromatic N) is 2. The van der Waals surface area contributed by atoms with Crippen LogP contribution < -0.4 is 5.32 Å². The lowest BCUT2D eigenvalue weighted by molar-refractivity contribution is -0.127. The summed E-state index contributed by atoms with van der Waals surface area (Å²) in [4.78, 5) is 30.5. The number of pyridine rings is 1. The molecule has 1 atom stereocenters. The van der Waals surface area contributed by atoms with Gasteiger partial charge >= 0.3 is 6.03 Å². The van der Waals surface area contributed by atoms with E-state index in [9.17, 15) is 9.59 Å². The molecule has 0 radical (unpaired) electrons. The number of imide groups is 1. The number of benzene rings is 1. The fraction of sp³-hybridized carbons (Fsp3) is 0.316. The molecule has 3 rings (SSSR count). The van der Waals surface area contributed by atoms with Crippen molar-refractivity contribution in [1.29, 1.82) is 0 Å². The molecular formula is C19H21N3O2. The van der Waals surface area contributed by atoms with Gasteiger partial charge in [0.25, 0.3) is 5.91 Å². The zero-order valence-corrected chi connectivity index (χ0v) is 14.2. The van der Waals surface area contributed by atoms with Crippen LogP contribution in [0.1, 0.15) is 34.1 Å². The first-order chi connectivity index (χ1) is 11.4. The molecule has 124 valence electrons. The van der Waals surface area contributed by atoms with Crippen LogP contribution in [0.5, 0.6) is 0 Å². The predicted octanol–water partition coefficient (Wildman–Crippen LogP) is 2.84. The minimum atomic E-state index is -0.596. The highest BCUT2D eigenvalue weighted by Gasteiger charge is 2.38. The Balaban J connectivity index is 1.74. The maximum atomic E-state index is 12.6. The average Bonchev–Trinajstić information content (AvgIpc) is 2.79. The van der Waals surface area contributed by atoms with Gasteiger partial charge in [0.15, 0.2) is 0 Å². The summed E-state index contributed by atoms with van der Waals surface area (Å²) in [5, 5.41) is 2.79. The summed E-state index contributed by atoms with van der Waals surface area (Å²) >= 11 is 0. The lowest BCUT2D eigenvalue weighted by Crippen LogP contribution is -2.33. The van der Waals surface area contributed by atoms with Gasteiger partial charge in [0.05, 0.1) is 0 Å². The van der Waals surface area contributed by atoms with Crippen LogP contribution in [0.15, 0.2) is 36.4 Å². The predicted molar refractivity (Wildman–Crippen MR) is 91.6 cm³/mol. The van der Waals surface area contributed by atoms with Crippen molar-refractivity contribution in [3.05, 3.63) is 64.5 Å². The van der Waals surface area contributed by atoms with Gasteiger partial charge in [0.1, 0.15) is 6.04 Å². The Labute approximate surface area is 141 Å². The summed E-state index contributed by atoms with van der Waals surface area (Å²) < 4.78 is 0. The van der Waals surface area contributed by atoms with Crippen molar-refractivity contribution in [2.75, 3.05) is 6.54 Å². The molecule has 5 nitrogen and oxygen atoms in total. The number of carbonyl (C=O) groups excluding carboxylic acids is 2. The molecule has 1 saturated heterocycles. The van der Waals surface area contributed by atoms with Gasteiger partial charge in [-0.1, -0.05) is 35.4 Å². The van der Waals surface area contributed by atoms with Crippen LogP contribution in [-0.2, 0) is 11.2 Å². The van der Waals surface area contributed by atoms with E-state index in [0.29, 0.717) is 13.0 Å². The van der Waals surface area contributed by atoms with Crippen LogP contribution in [0.25, 0.3) is 0 Å². The molecule has 1 aromatic heterocycles. The third-order valence-corrected chi connectivity index (χ3v) is 4.14. The standard InChI is InChI=1S/C19H21N3O2/c1-12-9-13(2)11-15(10-12)17-18(23)22(19(24)21-17)8-7-16-6-4-5-14(3)20-16/h4-6,9-11,17H,7-8H2,1-3H3,(H,21,24). The summed E-state index contributed by atoms with van der Waals surface area (Å²) in [6.45, 7) is 6.23. The van der Waals surface area contributed by atoms with E-state index < -0.39 is 6.04 Å². The summed E-state index contributed by atoms with van der Waals surface area (Å²) in [7, 11) is 0. The number of rotatable bonds is 4. The van der Waals surface area contributed by atoms with E-state index in [0.717, 1.165) is 28.1 Å². The molecule has 2 heterocycles. The fourth-order valence-corrected chi connectivity index (χ4v) is 3.10. The first kappa shape index (κ1) is 16.2. The zero-order valence-electron chi connectivity index (χ0n) is 14.2. The maximum Gasteiger partial charge on any atom is 0.325 e. The van der Waals surface area contributed by atoms with Gasteiger partial charge in [0.2, 0.25) is 0 Å². The maximum absolute atomic E-state index is 12.6. The Morgan fingerprint density at radius 1 is 1.08 bits per heavy atom. The minimum absolute atomic E-state index is 0.197. The molecule has 0 spiro atoms. The number of aromatic nitrogens is 1. The van der Waals surface area contributed by atoms with Crippen LogP contribution in [0.3, 0.4) is 0 Å². The fourth-order valence-electron chi connectivity index (χ4n) is 3.10. The molecule has 1 N–H and O–H groups in total. The Morgan fingerprint density at radius 3 is 2.46 bits per heavy atom. The second-order valence-electron chi connectivity index (χ2n) is 6.31. The number of amides is 3. The van der Waals surface area contributed by atoms with Crippen LogP contribution in [0.4, 0.5) is 4.79 Å². The van der Waals surface area contributed by atoms with Gasteiger partial charge in [-0.2, -0.15) is 0 Å². The van der Waals surface area contributed by atoms with E-state index in [1.54, 1.807) is 0 Å². The van der Waals surface area contributed by atoms with Crippen molar-refractivity contribution < 1.29 is 9.59 Å². The number of nitrogens with one attached hydrogen (secondary N) is 1. The largest absolute Gasteiger partial charge is 0.325 e. The molecular weight excluding hydrogens is 302 g/mol. The van der Waals surface area contributed by atoms with Crippen molar-refractivity contribution in [1.82, 2.24) is 15.2 Å². The second kappa shape index (κ2) is 6.43. The van der Waals surface area contributed by atoms with Gasteiger partial charge in [-0.25, -0.2) is 4.79 Å². The topological polar surface area (TPSA) is 62.3 Å². The third kappa shape index (κ3) is 3.30. The van der Waals surface area contributed by atoms with Crippen LogP contribution in [0, 0.1) is 20.8 Å². The van der Waals surface area contributed by atoms with Gasteiger partial charge in [-0.05, 0) is 38.5 Å². The Bertz CT molecular complexity index is 781. The van der Waals surface area contributed by atoms with E-state index in [1.807, 2.05) is 57.2 Å². The molecule has 24 heavy (non-hydrogen) atoms.